The third-order valence-corrected chi connectivity index (χ3v) is 7.29. The average Bonchev–Trinajstić information content (AvgIpc) is 2.67. The highest BCUT2D eigenvalue weighted by atomic mass is 32.2. The van der Waals surface area contributed by atoms with Crippen molar-refractivity contribution in [3.05, 3.63) is 30.1 Å². The smallest absolute Gasteiger partial charge is 0.243 e. The predicted molar refractivity (Wildman–Crippen MR) is 101 cm³/mol. The first-order valence-electron chi connectivity index (χ1n) is 9.72. The van der Waals surface area contributed by atoms with Crippen LogP contribution in [0.2, 0.25) is 0 Å². The minimum Gasteiger partial charge on any atom is -0.353 e. The molecule has 1 aromatic carbocycles. The van der Waals surface area contributed by atoms with Crippen LogP contribution in [0, 0.1) is 5.82 Å². The van der Waals surface area contributed by atoms with E-state index < -0.39 is 15.8 Å². The maximum Gasteiger partial charge on any atom is 0.243 e. The molecule has 1 N–H and O–H groups in total. The van der Waals surface area contributed by atoms with Gasteiger partial charge in [-0.15, -0.1) is 0 Å². The molecule has 1 aliphatic heterocycles. The number of nitrogens with one attached hydrogen (secondary N) is 1. The molecule has 1 saturated heterocycles. The first-order valence-corrected chi connectivity index (χ1v) is 11.2. The van der Waals surface area contributed by atoms with E-state index >= 15 is 0 Å². The minimum atomic E-state index is -3.67. The van der Waals surface area contributed by atoms with Gasteiger partial charge in [0.05, 0.1) is 4.90 Å². The lowest BCUT2D eigenvalue weighted by Gasteiger charge is -2.34. The molecule has 2 aliphatic rings. The SMILES string of the molecule is O=C(CCN1CCN(S(=O)(=O)c2cccc(F)c2)CC1)NC1CCCCC1. The van der Waals surface area contributed by atoms with Gasteiger partial charge in [-0.2, -0.15) is 4.31 Å². The van der Waals surface area contributed by atoms with Crippen LogP contribution in [0.3, 0.4) is 0 Å². The number of hydrogen-bond donors (Lipinski definition) is 1. The van der Waals surface area contributed by atoms with E-state index in [1.807, 2.05) is 0 Å². The van der Waals surface area contributed by atoms with Crippen molar-refractivity contribution in [2.24, 2.45) is 0 Å². The maximum atomic E-state index is 13.3. The summed E-state index contributed by atoms with van der Waals surface area (Å²) in [6, 6.07) is 5.43. The predicted octanol–water partition coefficient (Wildman–Crippen LogP) is 1.97. The zero-order chi connectivity index (χ0) is 19.3. The first kappa shape index (κ1) is 20.2. The van der Waals surface area contributed by atoms with Crippen LogP contribution < -0.4 is 5.32 Å². The molecule has 1 aromatic rings. The second-order valence-electron chi connectivity index (χ2n) is 7.36. The fourth-order valence-electron chi connectivity index (χ4n) is 3.78. The zero-order valence-corrected chi connectivity index (χ0v) is 16.4. The van der Waals surface area contributed by atoms with Crippen LogP contribution in [0.15, 0.2) is 29.2 Å². The summed E-state index contributed by atoms with van der Waals surface area (Å²) in [5, 5.41) is 3.11. The summed E-state index contributed by atoms with van der Waals surface area (Å²) >= 11 is 0. The summed E-state index contributed by atoms with van der Waals surface area (Å²) in [7, 11) is -3.67. The van der Waals surface area contributed by atoms with Gasteiger partial charge in [-0.1, -0.05) is 25.3 Å². The quantitative estimate of drug-likeness (QED) is 0.797. The number of piperazine rings is 1. The van der Waals surface area contributed by atoms with E-state index in [1.165, 1.54) is 41.8 Å². The molecule has 0 spiro atoms. The van der Waals surface area contributed by atoms with Crippen molar-refractivity contribution in [2.75, 3.05) is 32.7 Å². The lowest BCUT2D eigenvalue weighted by atomic mass is 9.95. The van der Waals surface area contributed by atoms with Crippen LogP contribution in [0.25, 0.3) is 0 Å². The maximum absolute atomic E-state index is 13.3. The number of carbonyl (C=O) groups excluding carboxylic acids is 1. The third kappa shape index (κ3) is 5.49. The molecule has 0 atom stereocenters. The number of rotatable bonds is 6. The Bertz CT molecular complexity index is 742. The molecule has 0 aromatic heterocycles. The highest BCUT2D eigenvalue weighted by molar-refractivity contribution is 7.89. The molecule has 0 radical (unpaired) electrons. The monoisotopic (exact) mass is 397 g/mol. The number of sulfonamides is 1. The first-order chi connectivity index (χ1) is 12.9. The number of benzene rings is 1. The second-order valence-corrected chi connectivity index (χ2v) is 9.29. The van der Waals surface area contributed by atoms with Crippen molar-refractivity contribution in [3.8, 4) is 0 Å². The van der Waals surface area contributed by atoms with Crippen LogP contribution in [-0.2, 0) is 14.8 Å². The lowest BCUT2D eigenvalue weighted by Crippen LogP contribution is -2.49. The van der Waals surface area contributed by atoms with Crippen molar-refractivity contribution in [1.82, 2.24) is 14.5 Å². The van der Waals surface area contributed by atoms with Gasteiger partial charge in [0, 0.05) is 45.2 Å². The number of hydrogen-bond acceptors (Lipinski definition) is 4. The summed E-state index contributed by atoms with van der Waals surface area (Å²) in [5.41, 5.74) is 0. The van der Waals surface area contributed by atoms with Gasteiger partial charge in [-0.3, -0.25) is 4.79 Å². The molecule has 0 bridgehead atoms. The fraction of sp³-hybridized carbons (Fsp3) is 0.632. The van der Waals surface area contributed by atoms with Crippen LogP contribution >= 0.6 is 0 Å². The summed E-state index contributed by atoms with van der Waals surface area (Å²) in [4.78, 5) is 14.2. The van der Waals surface area contributed by atoms with E-state index in [0.717, 1.165) is 18.9 Å². The highest BCUT2D eigenvalue weighted by Crippen LogP contribution is 2.19. The molecule has 150 valence electrons. The van der Waals surface area contributed by atoms with Crippen LogP contribution in [0.1, 0.15) is 38.5 Å². The molecule has 1 heterocycles. The topological polar surface area (TPSA) is 69.7 Å². The largest absolute Gasteiger partial charge is 0.353 e. The molecule has 1 aliphatic carbocycles. The van der Waals surface area contributed by atoms with Gasteiger partial charge in [0.15, 0.2) is 0 Å². The van der Waals surface area contributed by atoms with Gasteiger partial charge < -0.3 is 10.2 Å². The number of carbonyl (C=O) groups is 1. The lowest BCUT2D eigenvalue weighted by molar-refractivity contribution is -0.122. The van der Waals surface area contributed by atoms with Crippen LogP contribution in [0.4, 0.5) is 4.39 Å². The van der Waals surface area contributed by atoms with Gasteiger partial charge in [0.2, 0.25) is 15.9 Å². The van der Waals surface area contributed by atoms with E-state index in [1.54, 1.807) is 0 Å². The fourth-order valence-corrected chi connectivity index (χ4v) is 5.23. The summed E-state index contributed by atoms with van der Waals surface area (Å²) in [6.07, 6.45) is 6.21. The van der Waals surface area contributed by atoms with E-state index in [-0.39, 0.29) is 10.8 Å². The Labute approximate surface area is 160 Å². The van der Waals surface area contributed by atoms with Gasteiger partial charge in [0.25, 0.3) is 0 Å². The normalized spacial score (nSPS) is 20.5. The molecule has 6 nitrogen and oxygen atoms in total. The summed E-state index contributed by atoms with van der Waals surface area (Å²) in [5.74, 6) is -0.476. The molecule has 3 rings (SSSR count). The highest BCUT2D eigenvalue weighted by Gasteiger charge is 2.28. The van der Waals surface area contributed by atoms with E-state index in [4.69, 9.17) is 0 Å². The molecule has 27 heavy (non-hydrogen) atoms. The molecule has 2 fully saturated rings. The van der Waals surface area contributed by atoms with E-state index in [9.17, 15) is 17.6 Å². The number of halogens is 1. The number of nitrogens with zero attached hydrogens (tertiary/aromatic N) is 2. The van der Waals surface area contributed by atoms with Gasteiger partial charge in [0.1, 0.15) is 5.82 Å². The Kier molecular flexibility index (Phi) is 6.83. The Morgan fingerprint density at radius 3 is 2.48 bits per heavy atom. The molecular weight excluding hydrogens is 369 g/mol. The van der Waals surface area contributed by atoms with Crippen molar-refractivity contribution in [3.63, 3.8) is 0 Å². The summed E-state index contributed by atoms with van der Waals surface area (Å²) in [6.45, 7) is 2.48. The van der Waals surface area contributed by atoms with E-state index in [0.29, 0.717) is 45.2 Å². The molecule has 0 unspecified atom stereocenters. The van der Waals surface area contributed by atoms with Gasteiger partial charge >= 0.3 is 0 Å². The second kappa shape index (κ2) is 9.12. The molecule has 8 heteroatoms. The Morgan fingerprint density at radius 2 is 1.81 bits per heavy atom. The van der Waals surface area contributed by atoms with Crippen LogP contribution in [-0.4, -0.2) is 62.3 Å². The number of amides is 1. The Balaban J connectivity index is 1.44. The van der Waals surface area contributed by atoms with Crippen molar-refractivity contribution in [1.29, 1.82) is 0 Å². The van der Waals surface area contributed by atoms with Gasteiger partial charge in [-0.25, -0.2) is 12.8 Å². The van der Waals surface area contributed by atoms with Crippen molar-refractivity contribution < 1.29 is 17.6 Å². The molecule has 1 saturated carbocycles. The van der Waals surface area contributed by atoms with E-state index in [2.05, 4.69) is 10.2 Å². The zero-order valence-electron chi connectivity index (χ0n) is 15.6. The molecule has 1 amide bonds. The van der Waals surface area contributed by atoms with Crippen molar-refractivity contribution >= 4 is 15.9 Å². The average molecular weight is 398 g/mol. The molecular formula is C19H28FN3O3S. The third-order valence-electron chi connectivity index (χ3n) is 5.39. The Hall–Kier alpha value is -1.51. The van der Waals surface area contributed by atoms with Crippen LogP contribution in [0.5, 0.6) is 0 Å². The van der Waals surface area contributed by atoms with Crippen molar-refractivity contribution in [2.45, 2.75) is 49.5 Å². The standard InChI is InChI=1S/C19H28FN3O3S/c20-16-5-4-8-18(15-16)27(25,26)23-13-11-22(12-14-23)10-9-19(24)21-17-6-2-1-3-7-17/h4-5,8,15,17H,1-3,6-7,9-14H2,(H,21,24). The minimum absolute atomic E-state index is 0.0113. The Morgan fingerprint density at radius 1 is 1.11 bits per heavy atom. The summed E-state index contributed by atoms with van der Waals surface area (Å²) < 4.78 is 40.0. The van der Waals surface area contributed by atoms with Gasteiger partial charge in [-0.05, 0) is 31.0 Å².